The first-order chi connectivity index (χ1) is 13.8. The second kappa shape index (κ2) is 7.38. The van der Waals surface area contributed by atoms with Crippen LogP contribution in [0.2, 0.25) is 0 Å². The molecule has 1 saturated carbocycles. The standard InChI is InChI=1S/C19H18BrFIN5O2/c1-27-14-10(20)7-24-16(23)13(14)12(15(27)22)11-4-3-9(18(26-11)29-2)17(28)25-8-19(21)5-6-19/h3-4,7H,5-6,8H2,1-2H3,(H2,23,24)(H,25,28). The van der Waals surface area contributed by atoms with Crippen molar-refractivity contribution < 1.29 is 13.9 Å². The van der Waals surface area contributed by atoms with Crippen molar-refractivity contribution in [1.82, 2.24) is 19.9 Å². The number of anilines is 1. The Labute approximate surface area is 188 Å². The Morgan fingerprint density at radius 3 is 2.86 bits per heavy atom. The molecule has 1 aliphatic rings. The molecule has 0 radical (unpaired) electrons. The minimum Gasteiger partial charge on any atom is -0.480 e. The topological polar surface area (TPSA) is 95.1 Å². The molecule has 3 aromatic heterocycles. The van der Waals surface area contributed by atoms with Crippen molar-refractivity contribution in [3.8, 4) is 17.1 Å². The first kappa shape index (κ1) is 20.3. The van der Waals surface area contributed by atoms with Crippen LogP contribution in [0.5, 0.6) is 5.88 Å². The summed E-state index contributed by atoms with van der Waals surface area (Å²) in [5.74, 6) is 0.136. The molecule has 0 unspecified atom stereocenters. The van der Waals surface area contributed by atoms with Gasteiger partial charge in [0.1, 0.15) is 17.1 Å². The van der Waals surface area contributed by atoms with Crippen molar-refractivity contribution in [2.75, 3.05) is 19.4 Å². The Morgan fingerprint density at radius 1 is 1.48 bits per heavy atom. The van der Waals surface area contributed by atoms with E-state index in [1.807, 2.05) is 11.6 Å². The number of hydrogen-bond acceptors (Lipinski definition) is 5. The predicted molar refractivity (Wildman–Crippen MR) is 121 cm³/mol. The molecule has 3 aromatic rings. The molecule has 29 heavy (non-hydrogen) atoms. The van der Waals surface area contributed by atoms with Crippen molar-refractivity contribution in [2.24, 2.45) is 7.05 Å². The third-order valence-corrected chi connectivity index (χ3v) is 6.88. The number of rotatable bonds is 5. The molecule has 0 atom stereocenters. The molecule has 152 valence electrons. The van der Waals surface area contributed by atoms with Crippen LogP contribution in [0.15, 0.2) is 22.8 Å². The fourth-order valence-corrected chi connectivity index (χ4v) is 4.58. The van der Waals surface area contributed by atoms with Crippen LogP contribution in [-0.2, 0) is 7.05 Å². The largest absolute Gasteiger partial charge is 0.480 e. The Balaban J connectivity index is 1.78. The summed E-state index contributed by atoms with van der Waals surface area (Å²) in [7, 11) is 3.38. The molecule has 0 aliphatic heterocycles. The lowest BCUT2D eigenvalue weighted by Crippen LogP contribution is -2.31. The summed E-state index contributed by atoms with van der Waals surface area (Å²) >= 11 is 5.75. The average Bonchev–Trinajstić information content (AvgIpc) is 3.39. The van der Waals surface area contributed by atoms with Gasteiger partial charge in [0.2, 0.25) is 5.88 Å². The number of halogens is 3. The molecule has 4 rings (SSSR count). The number of nitrogens with zero attached hydrogens (tertiary/aromatic N) is 3. The number of methoxy groups -OCH3 is 1. The van der Waals surface area contributed by atoms with E-state index in [0.717, 1.165) is 24.6 Å². The molecule has 10 heteroatoms. The SMILES string of the molecule is COc1nc(-c2c(I)n(C)c3c(Br)cnc(N)c23)ccc1C(=O)NCC1(F)CC1. The number of nitrogens with two attached hydrogens (primary N) is 1. The van der Waals surface area contributed by atoms with E-state index in [0.29, 0.717) is 24.4 Å². The van der Waals surface area contributed by atoms with Crippen LogP contribution >= 0.6 is 38.5 Å². The summed E-state index contributed by atoms with van der Waals surface area (Å²) in [5, 5.41) is 3.39. The van der Waals surface area contributed by atoms with Gasteiger partial charge in [-0.15, -0.1) is 0 Å². The molecule has 1 fully saturated rings. The van der Waals surface area contributed by atoms with Crippen molar-refractivity contribution in [3.05, 3.63) is 32.1 Å². The van der Waals surface area contributed by atoms with Crippen LogP contribution in [0, 0.1) is 3.70 Å². The van der Waals surface area contributed by atoms with Gasteiger partial charge in [-0.05, 0) is 63.5 Å². The number of hydrogen-bond donors (Lipinski definition) is 2. The highest BCUT2D eigenvalue weighted by Gasteiger charge is 2.43. The van der Waals surface area contributed by atoms with E-state index < -0.39 is 11.6 Å². The first-order valence-corrected chi connectivity index (χ1v) is 10.7. The number of pyridine rings is 2. The lowest BCUT2D eigenvalue weighted by Gasteiger charge is -2.12. The van der Waals surface area contributed by atoms with Gasteiger partial charge in [-0.25, -0.2) is 14.4 Å². The van der Waals surface area contributed by atoms with Gasteiger partial charge in [-0.1, -0.05) is 0 Å². The fourth-order valence-electron chi connectivity index (χ4n) is 3.22. The molecule has 3 N–H and O–H groups in total. The van der Waals surface area contributed by atoms with Crippen LogP contribution < -0.4 is 15.8 Å². The number of aryl methyl sites for hydroxylation is 1. The van der Waals surface area contributed by atoms with Gasteiger partial charge in [-0.3, -0.25) is 4.79 Å². The van der Waals surface area contributed by atoms with Crippen LogP contribution in [0.25, 0.3) is 22.2 Å². The number of nitrogens with one attached hydrogen (secondary N) is 1. The normalized spacial score (nSPS) is 14.8. The van der Waals surface area contributed by atoms with E-state index in [2.05, 4.69) is 53.8 Å². The number of aromatic nitrogens is 3. The van der Waals surface area contributed by atoms with Crippen molar-refractivity contribution >= 4 is 61.1 Å². The van der Waals surface area contributed by atoms with Crippen molar-refractivity contribution in [3.63, 3.8) is 0 Å². The molecule has 1 amide bonds. The molecule has 0 aromatic carbocycles. The fraction of sp³-hybridized carbons (Fsp3) is 0.316. The molecule has 3 heterocycles. The number of ether oxygens (including phenoxy) is 1. The number of fused-ring (bicyclic) bond motifs is 1. The van der Waals surface area contributed by atoms with Crippen LogP contribution in [0.1, 0.15) is 23.2 Å². The zero-order chi connectivity index (χ0) is 20.9. The summed E-state index contributed by atoms with van der Waals surface area (Å²) in [6.45, 7) is -0.00576. The van der Waals surface area contributed by atoms with Gasteiger partial charge in [-0.2, -0.15) is 0 Å². The third-order valence-electron chi connectivity index (χ3n) is 5.04. The van der Waals surface area contributed by atoms with Gasteiger partial charge in [0.25, 0.3) is 5.91 Å². The predicted octanol–water partition coefficient (Wildman–Crippen LogP) is 3.83. The lowest BCUT2D eigenvalue weighted by atomic mass is 10.1. The van der Waals surface area contributed by atoms with Gasteiger partial charge < -0.3 is 20.4 Å². The van der Waals surface area contributed by atoms with Gasteiger partial charge in [0.05, 0.1) is 38.4 Å². The van der Waals surface area contributed by atoms with E-state index in [-0.39, 0.29) is 18.0 Å². The summed E-state index contributed by atoms with van der Waals surface area (Å²) < 4.78 is 22.9. The number of alkyl halides is 1. The maximum Gasteiger partial charge on any atom is 0.256 e. The highest BCUT2D eigenvalue weighted by molar-refractivity contribution is 14.1. The minimum absolute atomic E-state index is 0.00576. The number of amides is 1. The Hall–Kier alpha value is -1.95. The Kier molecular flexibility index (Phi) is 5.18. The van der Waals surface area contributed by atoms with Crippen LogP contribution in [-0.4, -0.2) is 39.8 Å². The minimum atomic E-state index is -1.27. The molecule has 0 bridgehead atoms. The zero-order valence-corrected chi connectivity index (χ0v) is 19.5. The van der Waals surface area contributed by atoms with E-state index in [9.17, 15) is 9.18 Å². The van der Waals surface area contributed by atoms with Crippen molar-refractivity contribution in [2.45, 2.75) is 18.5 Å². The van der Waals surface area contributed by atoms with E-state index in [4.69, 9.17) is 10.5 Å². The number of nitrogen functional groups attached to an aromatic ring is 1. The molecular formula is C19H18BrFIN5O2. The Bertz CT molecular complexity index is 1150. The monoisotopic (exact) mass is 573 g/mol. The summed E-state index contributed by atoms with van der Waals surface area (Å²) in [6.07, 6.45) is 2.62. The highest BCUT2D eigenvalue weighted by atomic mass is 127. The quantitative estimate of drug-likeness (QED) is 0.452. The third kappa shape index (κ3) is 3.56. The zero-order valence-electron chi connectivity index (χ0n) is 15.7. The number of carbonyl (C=O) groups excluding carboxylic acids is 1. The van der Waals surface area contributed by atoms with Crippen LogP contribution in [0.4, 0.5) is 10.2 Å². The van der Waals surface area contributed by atoms with E-state index >= 15 is 0 Å². The summed E-state index contributed by atoms with van der Waals surface area (Å²) in [6, 6.07) is 3.36. The van der Waals surface area contributed by atoms with Crippen molar-refractivity contribution in [1.29, 1.82) is 0 Å². The maximum absolute atomic E-state index is 13.8. The van der Waals surface area contributed by atoms with Crippen LogP contribution in [0.3, 0.4) is 0 Å². The van der Waals surface area contributed by atoms with E-state index in [1.54, 1.807) is 18.3 Å². The van der Waals surface area contributed by atoms with Gasteiger partial charge >= 0.3 is 0 Å². The van der Waals surface area contributed by atoms with Gasteiger partial charge in [0, 0.05) is 18.8 Å². The number of carbonyl (C=O) groups is 1. The lowest BCUT2D eigenvalue weighted by molar-refractivity contribution is 0.0934. The Morgan fingerprint density at radius 2 is 2.21 bits per heavy atom. The molecule has 0 saturated heterocycles. The first-order valence-electron chi connectivity index (χ1n) is 8.86. The van der Waals surface area contributed by atoms with Gasteiger partial charge in [0.15, 0.2) is 0 Å². The second-order valence-corrected chi connectivity index (χ2v) is 8.90. The smallest absolute Gasteiger partial charge is 0.256 e. The summed E-state index contributed by atoms with van der Waals surface area (Å²) in [5.41, 5.74) is 7.46. The second-order valence-electron chi connectivity index (χ2n) is 7.03. The molecule has 1 aliphatic carbocycles. The molecule has 0 spiro atoms. The highest BCUT2D eigenvalue weighted by Crippen LogP contribution is 2.41. The molecule has 7 nitrogen and oxygen atoms in total. The summed E-state index contributed by atoms with van der Waals surface area (Å²) in [4.78, 5) is 21.3. The average molecular weight is 574 g/mol. The molecular weight excluding hydrogens is 556 g/mol. The van der Waals surface area contributed by atoms with E-state index in [1.165, 1.54) is 7.11 Å². The maximum atomic E-state index is 13.8.